The summed E-state index contributed by atoms with van der Waals surface area (Å²) in [5.74, 6) is -2.94. The van der Waals surface area contributed by atoms with Crippen LogP contribution in [0.2, 0.25) is 0 Å². The van der Waals surface area contributed by atoms with Crippen molar-refractivity contribution >= 4 is 17.9 Å². The average molecular weight is 509 g/mol. The van der Waals surface area contributed by atoms with Crippen LogP contribution in [-0.2, 0) is 28.6 Å². The van der Waals surface area contributed by atoms with Crippen LogP contribution in [0.5, 0.6) is 0 Å². The van der Waals surface area contributed by atoms with Crippen molar-refractivity contribution in [2.24, 2.45) is 5.41 Å². The number of ether oxygens (including phenoxy) is 3. The summed E-state index contributed by atoms with van der Waals surface area (Å²) < 4.78 is 14.7. The van der Waals surface area contributed by atoms with E-state index >= 15 is 0 Å². The molecule has 0 aliphatic carbocycles. The summed E-state index contributed by atoms with van der Waals surface area (Å²) in [5, 5.41) is 48.8. The van der Waals surface area contributed by atoms with Crippen LogP contribution in [0.15, 0.2) is 63.6 Å². The molecule has 0 saturated heterocycles. The average Bonchev–Trinajstić information content (AvgIpc) is 2.86. The normalized spacial score (nSPS) is 8.57. The monoisotopic (exact) mass is 508 g/mol. The highest BCUT2D eigenvalue weighted by Crippen LogP contribution is 2.18. The van der Waals surface area contributed by atoms with Crippen molar-refractivity contribution in [1.82, 2.24) is 0 Å². The zero-order chi connectivity index (χ0) is 28.5. The van der Waals surface area contributed by atoms with Gasteiger partial charge >= 0.3 is 17.9 Å². The smallest absolute Gasteiger partial charge is 0.327 e. The highest BCUT2D eigenvalue weighted by atomic mass is 16.5. The number of hydrogen-bond donors (Lipinski definition) is 6. The first-order valence-electron chi connectivity index (χ1n) is 9.89. The standard InChI is InChI=1S/C8H14O3.C6H14O3.3C3H4O2/c1-3-9-5-7-11-8-6-10-4-2;1-2-6(3-7,4-8)5-9;3*1-2-3(4)5/h3-4H,1-2,5-8H2;7-9H,2-5H2,1H3;3*2H,1H2,(H,4,5). The van der Waals surface area contributed by atoms with Gasteiger partial charge in [0.05, 0.1) is 45.6 Å². The van der Waals surface area contributed by atoms with Gasteiger partial charge in [0.15, 0.2) is 0 Å². The molecule has 0 aromatic heterocycles. The Morgan fingerprint density at radius 1 is 0.657 bits per heavy atom. The lowest BCUT2D eigenvalue weighted by Crippen LogP contribution is -2.32. The molecule has 0 unspecified atom stereocenters. The minimum absolute atomic E-state index is 0.156. The Morgan fingerprint density at radius 2 is 0.914 bits per heavy atom. The number of carbonyl (C=O) groups is 3. The summed E-state index contributed by atoms with van der Waals surface area (Å²) in [4.78, 5) is 27.8. The molecule has 0 aliphatic heterocycles. The summed E-state index contributed by atoms with van der Waals surface area (Å²) in [6.45, 7) is 19.2. The maximum atomic E-state index is 9.25. The van der Waals surface area contributed by atoms with Crippen molar-refractivity contribution in [2.75, 3.05) is 46.2 Å². The van der Waals surface area contributed by atoms with Crippen LogP contribution in [0.25, 0.3) is 0 Å². The maximum absolute atomic E-state index is 9.25. The van der Waals surface area contributed by atoms with Crippen molar-refractivity contribution in [2.45, 2.75) is 13.3 Å². The first-order chi connectivity index (χ1) is 16.5. The molecule has 0 heterocycles. The van der Waals surface area contributed by atoms with Gasteiger partial charge in [-0.3, -0.25) is 0 Å². The van der Waals surface area contributed by atoms with Crippen molar-refractivity contribution in [3.8, 4) is 0 Å². The van der Waals surface area contributed by atoms with E-state index in [-0.39, 0.29) is 19.8 Å². The van der Waals surface area contributed by atoms with Gasteiger partial charge in [0.2, 0.25) is 0 Å². The fourth-order valence-corrected chi connectivity index (χ4v) is 0.968. The zero-order valence-corrected chi connectivity index (χ0v) is 20.2. The van der Waals surface area contributed by atoms with Gasteiger partial charge in [0.1, 0.15) is 13.2 Å². The third-order valence-corrected chi connectivity index (χ3v) is 3.21. The lowest BCUT2D eigenvalue weighted by molar-refractivity contribution is -0.132. The first kappa shape index (κ1) is 41.8. The van der Waals surface area contributed by atoms with Crippen LogP contribution in [-0.4, -0.2) is 94.8 Å². The SMILES string of the molecule is C=CC(=O)O.C=CC(=O)O.C=CC(=O)O.C=COCCOCCOC=C.CCC(CO)(CO)CO. The Labute approximate surface area is 206 Å². The topological polar surface area (TPSA) is 200 Å². The van der Waals surface area contributed by atoms with E-state index in [0.29, 0.717) is 32.8 Å². The molecule has 35 heavy (non-hydrogen) atoms. The molecule has 0 spiro atoms. The van der Waals surface area contributed by atoms with E-state index in [4.69, 9.17) is 44.8 Å². The highest BCUT2D eigenvalue weighted by Gasteiger charge is 2.24. The Kier molecular flexibility index (Phi) is 41.9. The minimum Gasteiger partial charge on any atom is -0.499 e. The van der Waals surface area contributed by atoms with Crippen molar-refractivity contribution in [1.29, 1.82) is 0 Å². The molecule has 12 nitrogen and oxygen atoms in total. The van der Waals surface area contributed by atoms with E-state index in [1.807, 2.05) is 6.92 Å². The van der Waals surface area contributed by atoms with Crippen LogP contribution >= 0.6 is 0 Å². The third kappa shape index (κ3) is 49.0. The van der Waals surface area contributed by atoms with E-state index in [0.717, 1.165) is 18.2 Å². The number of aliphatic hydroxyl groups is 3. The minimum atomic E-state index is -0.981. The Bertz CT molecular complexity index is 497. The molecule has 0 fully saturated rings. The van der Waals surface area contributed by atoms with Crippen LogP contribution in [0.1, 0.15) is 13.3 Å². The second-order valence-corrected chi connectivity index (χ2v) is 5.64. The van der Waals surface area contributed by atoms with Gasteiger partial charge in [-0.25, -0.2) is 14.4 Å². The summed E-state index contributed by atoms with van der Waals surface area (Å²) in [5.41, 5.74) is -0.667. The number of aliphatic hydroxyl groups excluding tert-OH is 3. The molecule has 0 amide bonds. The lowest BCUT2D eigenvalue weighted by Gasteiger charge is -2.24. The molecule has 0 atom stereocenters. The predicted molar refractivity (Wildman–Crippen MR) is 131 cm³/mol. The third-order valence-electron chi connectivity index (χ3n) is 3.21. The molecule has 0 radical (unpaired) electrons. The summed E-state index contributed by atoms with van der Waals surface area (Å²) in [6, 6.07) is 0. The Balaban J connectivity index is -0.000000112. The van der Waals surface area contributed by atoms with E-state index in [1.54, 1.807) is 0 Å². The molecule has 0 saturated carbocycles. The van der Waals surface area contributed by atoms with Crippen molar-refractivity contribution < 1.29 is 59.2 Å². The van der Waals surface area contributed by atoms with Gasteiger partial charge in [-0.15, -0.1) is 0 Å². The quantitative estimate of drug-likeness (QED) is 0.106. The molecule has 204 valence electrons. The molecule has 0 aromatic rings. The van der Waals surface area contributed by atoms with E-state index < -0.39 is 23.3 Å². The molecule has 0 aliphatic rings. The molecule has 0 bridgehead atoms. The number of hydrogen-bond acceptors (Lipinski definition) is 9. The molecular formula is C23H40O12. The van der Waals surface area contributed by atoms with Gasteiger partial charge in [-0.1, -0.05) is 39.8 Å². The van der Waals surface area contributed by atoms with Gasteiger partial charge in [-0.2, -0.15) is 0 Å². The fraction of sp³-hybridized carbons (Fsp3) is 0.435. The summed E-state index contributed by atoms with van der Waals surface area (Å²) in [6.07, 6.45) is 5.88. The van der Waals surface area contributed by atoms with Gasteiger partial charge < -0.3 is 44.8 Å². The summed E-state index contributed by atoms with van der Waals surface area (Å²) >= 11 is 0. The van der Waals surface area contributed by atoms with Gasteiger partial charge in [0.25, 0.3) is 0 Å². The predicted octanol–water partition coefficient (Wildman–Crippen LogP) is 1.45. The van der Waals surface area contributed by atoms with Crippen LogP contribution < -0.4 is 0 Å². The molecular weight excluding hydrogens is 468 g/mol. The van der Waals surface area contributed by atoms with Gasteiger partial charge in [0, 0.05) is 23.6 Å². The number of rotatable bonds is 15. The van der Waals surface area contributed by atoms with E-state index in [1.165, 1.54) is 12.5 Å². The second-order valence-electron chi connectivity index (χ2n) is 5.64. The fourth-order valence-electron chi connectivity index (χ4n) is 0.968. The molecule has 0 aromatic carbocycles. The number of carboxylic acids is 3. The second kappa shape index (κ2) is 35.1. The highest BCUT2D eigenvalue weighted by molar-refractivity contribution is 5.79. The van der Waals surface area contributed by atoms with Crippen LogP contribution in [0.4, 0.5) is 0 Å². The van der Waals surface area contributed by atoms with Crippen LogP contribution in [0.3, 0.4) is 0 Å². The number of carboxylic acid groups (broad SMARTS) is 3. The van der Waals surface area contributed by atoms with Crippen molar-refractivity contribution in [3.05, 3.63) is 63.6 Å². The van der Waals surface area contributed by atoms with Crippen LogP contribution in [0, 0.1) is 5.41 Å². The van der Waals surface area contributed by atoms with E-state index in [2.05, 4.69) is 32.9 Å². The largest absolute Gasteiger partial charge is 0.499 e. The molecule has 12 heteroatoms. The van der Waals surface area contributed by atoms with E-state index in [9.17, 15) is 14.4 Å². The zero-order valence-electron chi connectivity index (χ0n) is 20.2. The molecule has 0 rings (SSSR count). The Morgan fingerprint density at radius 3 is 1.03 bits per heavy atom. The first-order valence-corrected chi connectivity index (χ1v) is 9.89. The molecule has 6 N–H and O–H groups in total. The van der Waals surface area contributed by atoms with Crippen molar-refractivity contribution in [3.63, 3.8) is 0 Å². The summed E-state index contributed by atoms with van der Waals surface area (Å²) in [7, 11) is 0. The lowest BCUT2D eigenvalue weighted by atomic mass is 9.88. The number of aliphatic carboxylic acids is 3. The maximum Gasteiger partial charge on any atom is 0.327 e. The Hall–Kier alpha value is -3.45. The van der Waals surface area contributed by atoms with Gasteiger partial charge in [-0.05, 0) is 6.42 Å².